The average Bonchev–Trinajstić information content (AvgIpc) is 3.28. The first-order valence-corrected chi connectivity index (χ1v) is 8.16. The molecule has 2 amide bonds. The lowest BCUT2D eigenvalue weighted by Crippen LogP contribution is -2.33. The Morgan fingerprint density at radius 1 is 0.778 bits per heavy atom. The van der Waals surface area contributed by atoms with Gasteiger partial charge in [0.25, 0.3) is 11.8 Å². The maximum atomic E-state index is 13.7. The minimum atomic E-state index is -5.80. The van der Waals surface area contributed by atoms with Crippen LogP contribution in [-0.2, 0) is 14.4 Å². The van der Waals surface area contributed by atoms with Gasteiger partial charge in [-0.05, 0) is 12.1 Å². The highest BCUT2D eigenvalue weighted by Crippen LogP contribution is 2.37. The first kappa shape index (κ1) is 17.4. The predicted octanol–water partition coefficient (Wildman–Crippen LogP) is 2.48. The predicted molar refractivity (Wildman–Crippen MR) is 72.4 cm³/mol. The number of rotatable bonds is 3. The van der Waals surface area contributed by atoms with Gasteiger partial charge >= 0.3 is 10.1 Å². The number of hydroxylamine groups is 2. The van der Waals surface area contributed by atoms with E-state index in [0.717, 1.165) is 0 Å². The van der Waals surface area contributed by atoms with Crippen molar-refractivity contribution in [2.45, 2.75) is 4.90 Å². The molecule has 4 rings (SSSR count). The van der Waals surface area contributed by atoms with Gasteiger partial charge in [-0.1, -0.05) is 0 Å². The molecule has 0 unspecified atom stereocenters. The van der Waals surface area contributed by atoms with Crippen LogP contribution in [0.25, 0.3) is 11.2 Å². The van der Waals surface area contributed by atoms with Crippen LogP contribution in [0.5, 0.6) is 0 Å². The molecule has 1 aliphatic rings. The Bertz CT molecular complexity index is 1190. The maximum absolute atomic E-state index is 13.7. The van der Waals surface area contributed by atoms with E-state index in [1.54, 1.807) is 0 Å². The summed E-state index contributed by atoms with van der Waals surface area (Å²) in [6.45, 7) is 0. The molecule has 3 aromatic rings. The van der Waals surface area contributed by atoms with Crippen LogP contribution in [0.1, 0.15) is 20.7 Å². The minimum Gasteiger partial charge on any atom is -0.456 e. The highest BCUT2D eigenvalue weighted by molar-refractivity contribution is 7.86. The number of benzene rings is 2. The fourth-order valence-electron chi connectivity index (χ4n) is 2.58. The number of carbonyl (C=O) groups excluding carboxylic acids is 2. The highest BCUT2D eigenvalue weighted by Gasteiger charge is 2.46. The van der Waals surface area contributed by atoms with Crippen molar-refractivity contribution in [2.24, 2.45) is 0 Å². The fourth-order valence-corrected chi connectivity index (χ4v) is 3.60. The van der Waals surface area contributed by atoms with Crippen LogP contribution in [0.2, 0.25) is 0 Å². The average molecular weight is 407 g/mol. The molecule has 0 saturated carbocycles. The highest BCUT2D eigenvalue weighted by atomic mass is 32.2. The van der Waals surface area contributed by atoms with Crippen LogP contribution in [0.3, 0.4) is 0 Å². The summed E-state index contributed by atoms with van der Waals surface area (Å²) in [5, 5.41) is -0.367. The largest absolute Gasteiger partial charge is 0.456 e. The van der Waals surface area contributed by atoms with Crippen LogP contribution in [0.15, 0.2) is 21.4 Å². The second-order valence-electron chi connectivity index (χ2n) is 5.25. The Hall–Kier alpha value is -3.06. The fraction of sp³-hybridized carbons (Fsp3) is 0. The lowest BCUT2D eigenvalue weighted by atomic mass is 10.1. The number of hydrogen-bond donors (Lipinski definition) is 0. The lowest BCUT2D eigenvalue weighted by Gasteiger charge is -2.14. The molecule has 0 saturated heterocycles. The molecule has 3 heterocycles. The zero-order valence-corrected chi connectivity index (χ0v) is 13.2. The van der Waals surface area contributed by atoms with E-state index < -0.39 is 55.9 Å². The first-order valence-electron chi connectivity index (χ1n) is 6.76. The monoisotopic (exact) mass is 407 g/mol. The topological polar surface area (TPSA) is 93.9 Å². The van der Waals surface area contributed by atoms with Crippen molar-refractivity contribution >= 4 is 33.1 Å². The third-order valence-corrected chi connectivity index (χ3v) is 4.94. The normalized spacial score (nSPS) is 14.6. The second-order valence-corrected chi connectivity index (χ2v) is 6.71. The summed E-state index contributed by atoms with van der Waals surface area (Å²) in [7, 11) is -5.80. The molecule has 1 aromatic carbocycles. The molecule has 0 radical (unpaired) electrons. The van der Waals surface area contributed by atoms with E-state index in [9.17, 15) is 40.0 Å². The Balaban J connectivity index is 1.79. The van der Waals surface area contributed by atoms with E-state index in [0.29, 0.717) is 0 Å². The molecular formula is C14H2F5NO6S. The summed E-state index contributed by atoms with van der Waals surface area (Å²) in [5.41, 5.74) is -0.883. The second kappa shape index (κ2) is 5.23. The zero-order chi connectivity index (χ0) is 19.8. The van der Waals surface area contributed by atoms with E-state index in [1.807, 2.05) is 0 Å². The number of amides is 2. The van der Waals surface area contributed by atoms with E-state index in [4.69, 9.17) is 4.42 Å². The van der Waals surface area contributed by atoms with Crippen molar-refractivity contribution in [3.05, 3.63) is 52.3 Å². The Morgan fingerprint density at radius 3 is 1.63 bits per heavy atom. The van der Waals surface area contributed by atoms with Crippen LogP contribution in [0.4, 0.5) is 22.0 Å². The molecule has 13 heteroatoms. The third-order valence-electron chi connectivity index (χ3n) is 3.74. The molecule has 1 aliphatic heterocycles. The van der Waals surface area contributed by atoms with Gasteiger partial charge in [0.05, 0.1) is 0 Å². The molecule has 140 valence electrons. The molecule has 2 bridgehead atoms. The third kappa shape index (κ3) is 2.12. The molecule has 0 spiro atoms. The number of nitrogens with zero attached hydrogens (tertiary/aromatic N) is 1. The van der Waals surface area contributed by atoms with Gasteiger partial charge < -0.3 is 4.42 Å². The first-order chi connectivity index (χ1) is 12.6. The van der Waals surface area contributed by atoms with Gasteiger partial charge in [0.15, 0.2) is 28.2 Å². The summed E-state index contributed by atoms with van der Waals surface area (Å²) in [4.78, 5) is 22.0. The number of carbonyl (C=O) groups is 2. The van der Waals surface area contributed by atoms with E-state index in [-0.39, 0.29) is 27.4 Å². The summed E-state index contributed by atoms with van der Waals surface area (Å²) in [6, 6.07) is 2.59. The van der Waals surface area contributed by atoms with Gasteiger partial charge in [-0.2, -0.15) is 8.42 Å². The summed E-state index contributed by atoms with van der Waals surface area (Å²) in [5.74, 6) is -15.8. The standard InChI is InChI=1S/C14H2F5NO6S/c15-7-8(16)10(18)12(11(19)9(7)17)27(23,24)26-20-13(21)5-3-1-2-4(25-3)6(5)14(20)22/h1-2H. The van der Waals surface area contributed by atoms with Gasteiger partial charge in [-0.25, -0.2) is 22.0 Å². The molecule has 7 nitrogen and oxygen atoms in total. The number of hydrogen-bond acceptors (Lipinski definition) is 6. The number of fused-ring (bicyclic) bond motifs is 5. The van der Waals surface area contributed by atoms with Crippen molar-refractivity contribution in [1.29, 1.82) is 0 Å². The maximum Gasteiger partial charge on any atom is 0.324 e. The van der Waals surface area contributed by atoms with Gasteiger partial charge in [0.1, 0.15) is 22.3 Å². The Kier molecular flexibility index (Phi) is 3.36. The molecule has 0 N–H and O–H groups in total. The zero-order valence-electron chi connectivity index (χ0n) is 12.3. The SMILES string of the molecule is O=C1c2c(c3ccc2o3)C(=O)N1OS(=O)(=O)c1c(F)c(F)c(F)c(F)c1F. The molecule has 27 heavy (non-hydrogen) atoms. The smallest absolute Gasteiger partial charge is 0.324 e. The van der Waals surface area contributed by atoms with Crippen molar-refractivity contribution in [2.75, 3.05) is 0 Å². The number of halogens is 5. The van der Waals surface area contributed by atoms with Crippen LogP contribution in [-0.4, -0.2) is 25.3 Å². The van der Waals surface area contributed by atoms with Crippen molar-refractivity contribution in [1.82, 2.24) is 5.06 Å². The minimum absolute atomic E-state index is 0.0851. The molecule has 2 aromatic heterocycles. The summed E-state index contributed by atoms with van der Waals surface area (Å²) < 4.78 is 100. The van der Waals surface area contributed by atoms with Gasteiger partial charge in [0.2, 0.25) is 5.82 Å². The quantitative estimate of drug-likeness (QED) is 0.287. The van der Waals surface area contributed by atoms with E-state index in [1.165, 1.54) is 12.1 Å². The Morgan fingerprint density at radius 2 is 1.19 bits per heavy atom. The van der Waals surface area contributed by atoms with Gasteiger partial charge in [0, 0.05) is 0 Å². The summed E-state index contributed by atoms with van der Waals surface area (Å²) in [6.07, 6.45) is 0. The van der Waals surface area contributed by atoms with Crippen LogP contribution >= 0.6 is 0 Å². The van der Waals surface area contributed by atoms with Gasteiger partial charge in [-0.15, -0.1) is 9.35 Å². The van der Waals surface area contributed by atoms with Crippen molar-refractivity contribution in [3.63, 3.8) is 0 Å². The van der Waals surface area contributed by atoms with Gasteiger partial charge in [-0.3, -0.25) is 9.59 Å². The Labute approximate surface area is 144 Å². The summed E-state index contributed by atoms with van der Waals surface area (Å²) >= 11 is 0. The molecule has 0 atom stereocenters. The lowest BCUT2D eigenvalue weighted by molar-refractivity contribution is -0.0108. The number of furan rings is 2. The van der Waals surface area contributed by atoms with Crippen LogP contribution in [0, 0.1) is 29.1 Å². The van der Waals surface area contributed by atoms with Crippen LogP contribution < -0.4 is 0 Å². The van der Waals surface area contributed by atoms with Crippen molar-refractivity contribution < 1.29 is 48.7 Å². The van der Waals surface area contributed by atoms with Crippen molar-refractivity contribution in [3.8, 4) is 0 Å². The van der Waals surface area contributed by atoms with E-state index in [2.05, 4.69) is 4.28 Å². The van der Waals surface area contributed by atoms with E-state index >= 15 is 0 Å². The molecule has 0 aliphatic carbocycles. The molecular weight excluding hydrogens is 405 g/mol. The number of imide groups is 1. The molecule has 0 fully saturated rings.